The maximum Gasteiger partial charge on any atom is 0.169 e. The number of hydrogen-bond donors (Lipinski definition) is 1. The SMILES string of the molecule is CCCn1c(CO)nnc1-c1c(F)ccc(C)c1F. The van der Waals surface area contributed by atoms with Crippen molar-refractivity contribution < 1.29 is 13.9 Å². The van der Waals surface area contributed by atoms with Crippen LogP contribution in [0, 0.1) is 18.6 Å². The molecule has 0 bridgehead atoms. The number of aliphatic hydroxyl groups excluding tert-OH is 1. The van der Waals surface area contributed by atoms with Gasteiger partial charge in [-0.25, -0.2) is 8.78 Å². The van der Waals surface area contributed by atoms with Gasteiger partial charge in [-0.15, -0.1) is 10.2 Å². The van der Waals surface area contributed by atoms with Crippen molar-refractivity contribution in [1.82, 2.24) is 14.8 Å². The van der Waals surface area contributed by atoms with E-state index in [0.29, 0.717) is 17.9 Å². The first-order valence-electron chi connectivity index (χ1n) is 6.08. The van der Waals surface area contributed by atoms with Gasteiger partial charge < -0.3 is 9.67 Å². The quantitative estimate of drug-likeness (QED) is 0.925. The van der Waals surface area contributed by atoms with Crippen LogP contribution in [-0.2, 0) is 13.2 Å². The van der Waals surface area contributed by atoms with E-state index < -0.39 is 11.6 Å². The lowest BCUT2D eigenvalue weighted by atomic mass is 10.1. The molecule has 0 radical (unpaired) electrons. The molecule has 1 aromatic carbocycles. The first-order chi connectivity index (χ1) is 9.10. The summed E-state index contributed by atoms with van der Waals surface area (Å²) in [5, 5.41) is 16.8. The Hall–Kier alpha value is -1.82. The predicted molar refractivity (Wildman–Crippen MR) is 66.3 cm³/mol. The molecule has 2 rings (SSSR count). The zero-order valence-electron chi connectivity index (χ0n) is 10.8. The van der Waals surface area contributed by atoms with Crippen molar-refractivity contribution in [2.24, 2.45) is 0 Å². The Labute approximate surface area is 109 Å². The van der Waals surface area contributed by atoms with Crippen LogP contribution >= 0.6 is 0 Å². The van der Waals surface area contributed by atoms with E-state index in [9.17, 15) is 13.9 Å². The minimum atomic E-state index is -0.683. The van der Waals surface area contributed by atoms with Crippen LogP contribution in [0.5, 0.6) is 0 Å². The van der Waals surface area contributed by atoms with Crippen LogP contribution < -0.4 is 0 Å². The average molecular weight is 267 g/mol. The van der Waals surface area contributed by atoms with Crippen molar-refractivity contribution in [3.63, 3.8) is 0 Å². The molecule has 1 heterocycles. The molecule has 0 unspecified atom stereocenters. The molecular weight excluding hydrogens is 252 g/mol. The molecule has 2 aromatic rings. The van der Waals surface area contributed by atoms with Crippen molar-refractivity contribution in [2.75, 3.05) is 0 Å². The summed E-state index contributed by atoms with van der Waals surface area (Å²) in [6.07, 6.45) is 0.743. The van der Waals surface area contributed by atoms with Gasteiger partial charge in [0.05, 0.1) is 5.56 Å². The lowest BCUT2D eigenvalue weighted by Crippen LogP contribution is -2.07. The molecule has 102 valence electrons. The van der Waals surface area contributed by atoms with Crippen molar-refractivity contribution in [1.29, 1.82) is 0 Å². The van der Waals surface area contributed by atoms with Gasteiger partial charge >= 0.3 is 0 Å². The van der Waals surface area contributed by atoms with E-state index in [1.807, 2.05) is 6.92 Å². The van der Waals surface area contributed by atoms with Gasteiger partial charge in [0.2, 0.25) is 0 Å². The fraction of sp³-hybridized carbons (Fsp3) is 0.385. The minimum absolute atomic E-state index is 0.115. The van der Waals surface area contributed by atoms with Crippen LogP contribution in [0.25, 0.3) is 11.4 Å². The third-order valence-corrected chi connectivity index (χ3v) is 2.92. The Morgan fingerprint density at radius 3 is 2.63 bits per heavy atom. The van der Waals surface area contributed by atoms with Crippen LogP contribution in [0.2, 0.25) is 0 Å². The average Bonchev–Trinajstić information content (AvgIpc) is 2.78. The first-order valence-corrected chi connectivity index (χ1v) is 6.08. The fourth-order valence-corrected chi connectivity index (χ4v) is 1.96. The first kappa shape index (κ1) is 13.6. The molecule has 0 spiro atoms. The Bertz CT molecular complexity index is 596. The molecule has 6 heteroatoms. The molecule has 1 aromatic heterocycles. The number of nitrogens with zero attached hydrogens (tertiary/aromatic N) is 3. The van der Waals surface area contributed by atoms with E-state index >= 15 is 0 Å². The number of halogens is 2. The maximum atomic E-state index is 14.1. The van der Waals surface area contributed by atoms with Gasteiger partial charge in [-0.05, 0) is 25.0 Å². The highest BCUT2D eigenvalue weighted by molar-refractivity contribution is 5.58. The summed E-state index contributed by atoms with van der Waals surface area (Å²) in [7, 11) is 0. The Morgan fingerprint density at radius 1 is 1.26 bits per heavy atom. The molecule has 0 amide bonds. The van der Waals surface area contributed by atoms with Crippen LogP contribution in [0.15, 0.2) is 12.1 Å². The van der Waals surface area contributed by atoms with Gasteiger partial charge in [0.1, 0.15) is 18.2 Å². The summed E-state index contributed by atoms with van der Waals surface area (Å²) in [6, 6.07) is 2.58. The highest BCUT2D eigenvalue weighted by Crippen LogP contribution is 2.27. The van der Waals surface area contributed by atoms with Gasteiger partial charge in [0.15, 0.2) is 11.6 Å². The molecule has 0 saturated carbocycles. The van der Waals surface area contributed by atoms with E-state index in [-0.39, 0.29) is 18.0 Å². The zero-order valence-corrected chi connectivity index (χ0v) is 10.8. The standard InChI is InChI=1S/C13H15F2N3O/c1-3-6-18-10(7-19)16-17-13(18)11-9(14)5-4-8(2)12(11)15/h4-5,19H,3,6-7H2,1-2H3. The highest BCUT2D eigenvalue weighted by Gasteiger charge is 2.21. The summed E-state index contributed by atoms with van der Waals surface area (Å²) in [5.74, 6) is -0.909. The molecular formula is C13H15F2N3O. The Kier molecular flexibility index (Phi) is 3.90. The van der Waals surface area contributed by atoms with E-state index in [0.717, 1.165) is 6.42 Å². The van der Waals surface area contributed by atoms with Crippen molar-refractivity contribution in [3.05, 3.63) is 35.2 Å². The van der Waals surface area contributed by atoms with Crippen LogP contribution in [0.4, 0.5) is 8.78 Å². The number of rotatable bonds is 4. The largest absolute Gasteiger partial charge is 0.388 e. The molecule has 1 N–H and O–H groups in total. The maximum absolute atomic E-state index is 14.1. The smallest absolute Gasteiger partial charge is 0.169 e. The van der Waals surface area contributed by atoms with E-state index in [4.69, 9.17) is 0 Å². The molecule has 0 aliphatic rings. The number of aliphatic hydroxyl groups is 1. The summed E-state index contributed by atoms with van der Waals surface area (Å²) in [5.41, 5.74) is 0.147. The van der Waals surface area contributed by atoms with E-state index in [1.54, 1.807) is 11.5 Å². The molecule has 0 saturated heterocycles. The normalized spacial score (nSPS) is 11.0. The zero-order chi connectivity index (χ0) is 14.0. The summed E-state index contributed by atoms with van der Waals surface area (Å²) < 4.78 is 29.5. The monoisotopic (exact) mass is 267 g/mol. The minimum Gasteiger partial charge on any atom is -0.388 e. The van der Waals surface area contributed by atoms with Gasteiger partial charge in [-0.3, -0.25) is 0 Å². The molecule has 0 fully saturated rings. The van der Waals surface area contributed by atoms with Gasteiger partial charge in [-0.1, -0.05) is 13.0 Å². The highest BCUT2D eigenvalue weighted by atomic mass is 19.1. The summed E-state index contributed by atoms with van der Waals surface area (Å²) in [6.45, 7) is 3.66. The Morgan fingerprint density at radius 2 is 2.00 bits per heavy atom. The number of aryl methyl sites for hydroxylation is 1. The second-order valence-electron chi connectivity index (χ2n) is 4.30. The van der Waals surface area contributed by atoms with Crippen molar-refractivity contribution in [3.8, 4) is 11.4 Å². The fourth-order valence-electron chi connectivity index (χ4n) is 1.96. The van der Waals surface area contributed by atoms with Gasteiger partial charge in [-0.2, -0.15) is 0 Å². The lowest BCUT2D eigenvalue weighted by molar-refractivity contribution is 0.264. The predicted octanol–water partition coefficient (Wildman–Crippen LogP) is 2.43. The second kappa shape index (κ2) is 5.44. The molecule has 0 aliphatic carbocycles. The van der Waals surface area contributed by atoms with Crippen LogP contribution in [0.3, 0.4) is 0 Å². The third kappa shape index (κ3) is 2.35. The molecule has 19 heavy (non-hydrogen) atoms. The molecule has 0 aliphatic heterocycles. The number of hydrogen-bond acceptors (Lipinski definition) is 3. The Balaban J connectivity index is 2.65. The third-order valence-electron chi connectivity index (χ3n) is 2.92. The van der Waals surface area contributed by atoms with Gasteiger partial charge in [0, 0.05) is 6.54 Å². The van der Waals surface area contributed by atoms with E-state index in [1.165, 1.54) is 12.1 Å². The summed E-state index contributed by atoms with van der Waals surface area (Å²) in [4.78, 5) is 0. The van der Waals surface area contributed by atoms with Gasteiger partial charge in [0.25, 0.3) is 0 Å². The molecule has 4 nitrogen and oxygen atoms in total. The van der Waals surface area contributed by atoms with Crippen molar-refractivity contribution in [2.45, 2.75) is 33.4 Å². The lowest BCUT2D eigenvalue weighted by Gasteiger charge is -2.10. The number of aromatic nitrogens is 3. The summed E-state index contributed by atoms with van der Waals surface area (Å²) >= 11 is 0. The second-order valence-corrected chi connectivity index (χ2v) is 4.30. The number of benzene rings is 1. The molecule has 0 atom stereocenters. The van der Waals surface area contributed by atoms with Crippen molar-refractivity contribution >= 4 is 0 Å². The topological polar surface area (TPSA) is 50.9 Å². The van der Waals surface area contributed by atoms with Crippen LogP contribution in [-0.4, -0.2) is 19.9 Å². The van der Waals surface area contributed by atoms with Crippen LogP contribution in [0.1, 0.15) is 24.7 Å². The van der Waals surface area contributed by atoms with E-state index in [2.05, 4.69) is 10.2 Å².